The molecule has 0 spiro atoms. The maximum absolute atomic E-state index is 12.9. The van der Waals surface area contributed by atoms with Gasteiger partial charge in [0.2, 0.25) is 0 Å². The van der Waals surface area contributed by atoms with Crippen LogP contribution >= 0.6 is 0 Å². The molecule has 1 saturated heterocycles. The van der Waals surface area contributed by atoms with E-state index in [0.717, 1.165) is 5.69 Å². The maximum Gasteiger partial charge on any atom is 0.255 e. The van der Waals surface area contributed by atoms with E-state index in [-0.39, 0.29) is 11.7 Å². The fourth-order valence-corrected chi connectivity index (χ4v) is 3.03. The highest BCUT2D eigenvalue weighted by atomic mass is 19.1. The Bertz CT molecular complexity index is 690. The fourth-order valence-electron chi connectivity index (χ4n) is 3.03. The van der Waals surface area contributed by atoms with Gasteiger partial charge in [0.1, 0.15) is 5.82 Å². The zero-order chi connectivity index (χ0) is 17.1. The van der Waals surface area contributed by atoms with Crippen LogP contribution < -0.4 is 10.2 Å². The lowest BCUT2D eigenvalue weighted by Crippen LogP contribution is -2.49. The van der Waals surface area contributed by atoms with Crippen molar-refractivity contribution in [1.29, 1.82) is 0 Å². The second-order valence-corrected chi connectivity index (χ2v) is 6.15. The lowest BCUT2D eigenvalue weighted by atomic mass is 10.1. The van der Waals surface area contributed by atoms with E-state index in [0.29, 0.717) is 36.5 Å². The molecule has 24 heavy (non-hydrogen) atoms. The first kappa shape index (κ1) is 16.5. The van der Waals surface area contributed by atoms with Gasteiger partial charge in [-0.15, -0.1) is 0 Å². The van der Waals surface area contributed by atoms with Gasteiger partial charge in [0, 0.05) is 29.0 Å². The zero-order valence-electron chi connectivity index (χ0n) is 13.8. The molecule has 1 aliphatic rings. The lowest BCUT2D eigenvalue weighted by Gasteiger charge is -2.40. The van der Waals surface area contributed by atoms with Crippen LogP contribution in [-0.2, 0) is 4.74 Å². The Morgan fingerprint density at radius 2 is 1.62 bits per heavy atom. The minimum absolute atomic E-state index is 0.254. The van der Waals surface area contributed by atoms with Gasteiger partial charge in [0.15, 0.2) is 0 Å². The Kier molecular flexibility index (Phi) is 4.81. The third kappa shape index (κ3) is 3.57. The van der Waals surface area contributed by atoms with E-state index in [9.17, 15) is 9.18 Å². The number of hydrogen-bond donors (Lipinski definition) is 1. The summed E-state index contributed by atoms with van der Waals surface area (Å²) in [5.41, 5.74) is 2.25. The number of amides is 1. The minimum Gasteiger partial charge on any atom is -0.377 e. The van der Waals surface area contributed by atoms with E-state index < -0.39 is 0 Å². The smallest absolute Gasteiger partial charge is 0.255 e. The van der Waals surface area contributed by atoms with Crippen LogP contribution in [0, 0.1) is 5.82 Å². The maximum atomic E-state index is 12.9. The minimum atomic E-state index is -0.357. The van der Waals surface area contributed by atoms with Crippen molar-refractivity contribution >= 4 is 17.3 Å². The van der Waals surface area contributed by atoms with Crippen molar-refractivity contribution in [3.05, 3.63) is 59.9 Å². The van der Waals surface area contributed by atoms with Crippen LogP contribution in [0.2, 0.25) is 0 Å². The Labute approximate surface area is 141 Å². The number of morpholine rings is 1. The summed E-state index contributed by atoms with van der Waals surface area (Å²) in [6, 6.07) is 13.9. The van der Waals surface area contributed by atoms with Crippen LogP contribution in [-0.4, -0.2) is 31.2 Å². The van der Waals surface area contributed by atoms with Gasteiger partial charge in [-0.2, -0.15) is 0 Å². The topological polar surface area (TPSA) is 41.6 Å². The summed E-state index contributed by atoms with van der Waals surface area (Å²) in [5, 5.41) is 2.83. The molecule has 5 heteroatoms. The highest BCUT2D eigenvalue weighted by Gasteiger charge is 2.25. The molecule has 0 bridgehead atoms. The van der Waals surface area contributed by atoms with Crippen LogP contribution in [0.1, 0.15) is 24.2 Å². The van der Waals surface area contributed by atoms with Gasteiger partial charge in [-0.25, -0.2) is 4.39 Å². The summed E-state index contributed by atoms with van der Waals surface area (Å²) in [7, 11) is 0. The molecule has 3 rings (SSSR count). The largest absolute Gasteiger partial charge is 0.377 e. The van der Waals surface area contributed by atoms with E-state index in [1.165, 1.54) is 24.3 Å². The molecule has 2 aromatic carbocycles. The van der Waals surface area contributed by atoms with Crippen molar-refractivity contribution < 1.29 is 13.9 Å². The molecule has 1 aliphatic heterocycles. The third-order valence-corrected chi connectivity index (χ3v) is 4.20. The third-order valence-electron chi connectivity index (χ3n) is 4.20. The van der Waals surface area contributed by atoms with Crippen molar-refractivity contribution in [3.63, 3.8) is 0 Å². The molecule has 0 aliphatic carbocycles. The summed E-state index contributed by atoms with van der Waals surface area (Å²) >= 11 is 0. The molecule has 2 unspecified atom stereocenters. The summed E-state index contributed by atoms with van der Waals surface area (Å²) in [4.78, 5) is 14.5. The predicted octanol–water partition coefficient (Wildman–Crippen LogP) is 3.69. The van der Waals surface area contributed by atoms with Gasteiger partial charge in [-0.3, -0.25) is 4.79 Å². The van der Waals surface area contributed by atoms with Crippen molar-refractivity contribution in [2.24, 2.45) is 0 Å². The quantitative estimate of drug-likeness (QED) is 0.934. The van der Waals surface area contributed by atoms with Crippen LogP contribution in [0.5, 0.6) is 0 Å². The first-order chi connectivity index (χ1) is 11.5. The molecule has 0 aromatic heterocycles. The number of carbonyl (C=O) groups excluding carboxylic acids is 1. The van der Waals surface area contributed by atoms with Gasteiger partial charge >= 0.3 is 0 Å². The Morgan fingerprint density at radius 3 is 2.21 bits per heavy atom. The van der Waals surface area contributed by atoms with E-state index in [1.807, 2.05) is 24.3 Å². The fraction of sp³-hybridized carbons (Fsp3) is 0.316. The molecule has 1 amide bonds. The number of rotatable bonds is 3. The number of nitrogens with one attached hydrogen (secondary N) is 1. The second-order valence-electron chi connectivity index (χ2n) is 6.15. The summed E-state index contributed by atoms with van der Waals surface area (Å²) in [5.74, 6) is -0.611. The van der Waals surface area contributed by atoms with Crippen LogP contribution in [0.3, 0.4) is 0 Å². The van der Waals surface area contributed by atoms with Crippen molar-refractivity contribution in [2.75, 3.05) is 23.4 Å². The number of nitrogens with zero attached hydrogens (tertiary/aromatic N) is 1. The number of ether oxygens (including phenoxy) is 1. The molecule has 126 valence electrons. The molecule has 1 N–H and O–H groups in total. The number of carbonyl (C=O) groups is 1. The zero-order valence-corrected chi connectivity index (χ0v) is 13.8. The number of anilines is 2. The summed E-state index contributed by atoms with van der Waals surface area (Å²) in [6.45, 7) is 5.71. The average Bonchev–Trinajstić information content (AvgIpc) is 2.57. The standard InChI is InChI=1S/C19H21FN2O2/c1-13-11-24-12-14(2)22(13)18-9-7-17(8-10-18)21-19(23)15-3-5-16(20)6-4-15/h3-10,13-14H,11-12H2,1-2H3,(H,21,23). The molecular weight excluding hydrogens is 307 g/mol. The molecule has 1 fully saturated rings. The Balaban J connectivity index is 1.70. The lowest BCUT2D eigenvalue weighted by molar-refractivity contribution is 0.0757. The molecule has 2 aromatic rings. The van der Waals surface area contributed by atoms with E-state index >= 15 is 0 Å². The molecule has 2 atom stereocenters. The van der Waals surface area contributed by atoms with Crippen molar-refractivity contribution in [2.45, 2.75) is 25.9 Å². The van der Waals surface area contributed by atoms with Crippen LogP contribution in [0.4, 0.5) is 15.8 Å². The molecular formula is C19H21FN2O2. The number of hydrogen-bond acceptors (Lipinski definition) is 3. The van der Waals surface area contributed by atoms with Crippen molar-refractivity contribution in [3.8, 4) is 0 Å². The Morgan fingerprint density at radius 1 is 1.04 bits per heavy atom. The monoisotopic (exact) mass is 328 g/mol. The van der Waals surface area contributed by atoms with Gasteiger partial charge in [0.25, 0.3) is 5.91 Å². The first-order valence-corrected chi connectivity index (χ1v) is 8.07. The summed E-state index contributed by atoms with van der Waals surface area (Å²) in [6.07, 6.45) is 0. The molecule has 0 radical (unpaired) electrons. The first-order valence-electron chi connectivity index (χ1n) is 8.07. The normalized spacial score (nSPS) is 20.7. The summed E-state index contributed by atoms with van der Waals surface area (Å²) < 4.78 is 18.5. The van der Waals surface area contributed by atoms with Gasteiger partial charge in [0.05, 0.1) is 13.2 Å². The molecule has 1 heterocycles. The van der Waals surface area contributed by atoms with Crippen molar-refractivity contribution in [1.82, 2.24) is 0 Å². The Hall–Kier alpha value is -2.40. The van der Waals surface area contributed by atoms with Gasteiger partial charge in [-0.05, 0) is 62.4 Å². The molecule has 0 saturated carbocycles. The van der Waals surface area contributed by atoms with E-state index in [4.69, 9.17) is 4.74 Å². The highest BCUT2D eigenvalue weighted by molar-refractivity contribution is 6.04. The van der Waals surface area contributed by atoms with Gasteiger partial charge in [-0.1, -0.05) is 0 Å². The SMILES string of the molecule is CC1COCC(C)N1c1ccc(NC(=O)c2ccc(F)cc2)cc1. The highest BCUT2D eigenvalue weighted by Crippen LogP contribution is 2.25. The number of halogens is 1. The second kappa shape index (κ2) is 7.01. The van der Waals surface area contributed by atoms with Crippen LogP contribution in [0.25, 0.3) is 0 Å². The average molecular weight is 328 g/mol. The van der Waals surface area contributed by atoms with E-state index in [1.54, 1.807) is 0 Å². The van der Waals surface area contributed by atoms with Gasteiger partial charge < -0.3 is 15.0 Å². The predicted molar refractivity (Wildman–Crippen MR) is 93.0 cm³/mol. The van der Waals surface area contributed by atoms with Crippen LogP contribution in [0.15, 0.2) is 48.5 Å². The van der Waals surface area contributed by atoms with E-state index in [2.05, 4.69) is 24.1 Å². The number of benzene rings is 2. The molecule has 4 nitrogen and oxygen atoms in total.